The third kappa shape index (κ3) is 4.87. The summed E-state index contributed by atoms with van der Waals surface area (Å²) in [4.78, 5) is 0. The fraction of sp³-hybridized carbons (Fsp3) is 0.647. The maximum atomic E-state index is 6.12. The summed E-state index contributed by atoms with van der Waals surface area (Å²) in [6, 6.07) is 6.39. The van der Waals surface area contributed by atoms with Gasteiger partial charge in [-0.15, -0.1) is 0 Å². The summed E-state index contributed by atoms with van der Waals surface area (Å²) in [5.74, 6) is 0.745. The largest absolute Gasteiger partial charge is 0.495 e. The molecule has 2 unspecified atom stereocenters. The Bertz CT molecular complexity index is 433. The molecule has 0 bridgehead atoms. The zero-order valence-corrected chi connectivity index (χ0v) is 13.8. The van der Waals surface area contributed by atoms with E-state index in [4.69, 9.17) is 21.1 Å². The van der Waals surface area contributed by atoms with Crippen LogP contribution in [0.4, 0.5) is 0 Å². The standard InChI is InChI=1S/C17H26ClNO2/c1-3-10-19-16(9-7-14-5-4-11-21-14)13-6-8-15(18)17(12-13)20-2/h6,8,12,14,16,19H,3-5,7,9-11H2,1-2H3. The molecule has 1 saturated heterocycles. The molecule has 21 heavy (non-hydrogen) atoms. The molecule has 1 aliphatic rings. The van der Waals surface area contributed by atoms with Gasteiger partial charge in [0.2, 0.25) is 0 Å². The van der Waals surface area contributed by atoms with E-state index in [-0.39, 0.29) is 0 Å². The van der Waals surface area contributed by atoms with E-state index in [9.17, 15) is 0 Å². The van der Waals surface area contributed by atoms with E-state index in [1.54, 1.807) is 7.11 Å². The van der Waals surface area contributed by atoms with Crippen molar-refractivity contribution in [1.82, 2.24) is 5.32 Å². The molecule has 1 fully saturated rings. The van der Waals surface area contributed by atoms with E-state index in [1.165, 1.54) is 18.4 Å². The fourth-order valence-electron chi connectivity index (χ4n) is 2.82. The van der Waals surface area contributed by atoms with Crippen LogP contribution in [0.25, 0.3) is 0 Å². The topological polar surface area (TPSA) is 30.5 Å². The van der Waals surface area contributed by atoms with Gasteiger partial charge in [0.1, 0.15) is 5.75 Å². The summed E-state index contributed by atoms with van der Waals surface area (Å²) in [6.07, 6.45) is 6.14. The molecule has 2 rings (SSSR count). The van der Waals surface area contributed by atoms with Crippen LogP contribution >= 0.6 is 11.6 Å². The van der Waals surface area contributed by atoms with Gasteiger partial charge < -0.3 is 14.8 Å². The summed E-state index contributed by atoms with van der Waals surface area (Å²) in [7, 11) is 1.66. The molecular weight excluding hydrogens is 286 g/mol. The van der Waals surface area contributed by atoms with Gasteiger partial charge in [0.25, 0.3) is 0 Å². The second-order valence-corrected chi connectivity index (χ2v) is 6.02. The number of hydrogen-bond acceptors (Lipinski definition) is 3. The van der Waals surface area contributed by atoms with Crippen molar-refractivity contribution in [1.29, 1.82) is 0 Å². The van der Waals surface area contributed by atoms with E-state index in [0.29, 0.717) is 17.2 Å². The smallest absolute Gasteiger partial charge is 0.137 e. The molecule has 3 nitrogen and oxygen atoms in total. The van der Waals surface area contributed by atoms with Gasteiger partial charge in [-0.2, -0.15) is 0 Å². The molecule has 1 aliphatic heterocycles. The molecule has 2 atom stereocenters. The first-order chi connectivity index (χ1) is 10.2. The zero-order valence-electron chi connectivity index (χ0n) is 13.0. The lowest BCUT2D eigenvalue weighted by Crippen LogP contribution is -2.23. The summed E-state index contributed by atoms with van der Waals surface area (Å²) in [6.45, 7) is 4.13. The minimum Gasteiger partial charge on any atom is -0.495 e. The summed E-state index contributed by atoms with van der Waals surface area (Å²) in [5, 5.41) is 4.29. The van der Waals surface area contributed by atoms with Crippen molar-refractivity contribution < 1.29 is 9.47 Å². The van der Waals surface area contributed by atoms with Crippen LogP contribution in [-0.2, 0) is 4.74 Å². The molecule has 0 amide bonds. The van der Waals surface area contributed by atoms with Crippen molar-refractivity contribution in [2.45, 2.75) is 51.2 Å². The van der Waals surface area contributed by atoms with Gasteiger partial charge in [-0.1, -0.05) is 24.6 Å². The van der Waals surface area contributed by atoms with Crippen LogP contribution in [0, 0.1) is 0 Å². The third-order valence-corrected chi connectivity index (χ3v) is 4.33. The number of nitrogens with one attached hydrogen (secondary N) is 1. The number of benzene rings is 1. The van der Waals surface area contributed by atoms with E-state index in [1.807, 2.05) is 12.1 Å². The third-order valence-electron chi connectivity index (χ3n) is 4.02. The predicted octanol–water partition coefficient (Wildman–Crippen LogP) is 4.35. The number of methoxy groups -OCH3 is 1. The van der Waals surface area contributed by atoms with E-state index in [2.05, 4.69) is 18.3 Å². The maximum Gasteiger partial charge on any atom is 0.137 e. The zero-order chi connectivity index (χ0) is 15.1. The van der Waals surface area contributed by atoms with Crippen LogP contribution in [0.3, 0.4) is 0 Å². The average Bonchev–Trinajstić information content (AvgIpc) is 3.01. The lowest BCUT2D eigenvalue weighted by Gasteiger charge is -2.21. The first kappa shape index (κ1) is 16.6. The Morgan fingerprint density at radius 1 is 1.48 bits per heavy atom. The van der Waals surface area contributed by atoms with Crippen LogP contribution in [0.1, 0.15) is 50.6 Å². The summed E-state index contributed by atoms with van der Waals surface area (Å²) in [5.41, 5.74) is 1.24. The molecule has 0 spiro atoms. The van der Waals surface area contributed by atoms with Crippen LogP contribution in [-0.4, -0.2) is 26.4 Å². The Labute approximate surface area is 133 Å². The second-order valence-electron chi connectivity index (χ2n) is 5.61. The number of hydrogen-bond donors (Lipinski definition) is 1. The molecule has 1 aromatic carbocycles. The minimum absolute atomic E-state index is 0.334. The second kappa shape index (κ2) is 8.62. The Balaban J connectivity index is 2.02. The molecule has 4 heteroatoms. The molecule has 1 heterocycles. The highest BCUT2D eigenvalue weighted by molar-refractivity contribution is 6.32. The van der Waals surface area contributed by atoms with Gasteiger partial charge in [0, 0.05) is 12.6 Å². The van der Waals surface area contributed by atoms with Crippen LogP contribution in [0.15, 0.2) is 18.2 Å². The van der Waals surface area contributed by atoms with Crippen molar-refractivity contribution in [2.24, 2.45) is 0 Å². The van der Waals surface area contributed by atoms with Gasteiger partial charge in [-0.25, -0.2) is 0 Å². The normalized spacial score (nSPS) is 19.7. The molecule has 118 valence electrons. The van der Waals surface area contributed by atoms with E-state index >= 15 is 0 Å². The molecule has 0 aliphatic carbocycles. The van der Waals surface area contributed by atoms with Crippen molar-refractivity contribution in [3.8, 4) is 5.75 Å². The molecule has 0 aromatic heterocycles. The van der Waals surface area contributed by atoms with Crippen molar-refractivity contribution >= 4 is 11.6 Å². The van der Waals surface area contributed by atoms with E-state index < -0.39 is 0 Å². The molecular formula is C17H26ClNO2. The minimum atomic E-state index is 0.334. The van der Waals surface area contributed by atoms with Gasteiger partial charge in [-0.3, -0.25) is 0 Å². The quantitative estimate of drug-likeness (QED) is 0.774. The van der Waals surface area contributed by atoms with Crippen LogP contribution in [0.5, 0.6) is 5.75 Å². The highest BCUT2D eigenvalue weighted by atomic mass is 35.5. The SMILES string of the molecule is CCCNC(CCC1CCCO1)c1ccc(Cl)c(OC)c1. The van der Waals surface area contributed by atoms with Crippen molar-refractivity contribution in [3.05, 3.63) is 28.8 Å². The number of ether oxygens (including phenoxy) is 2. The van der Waals surface area contributed by atoms with Gasteiger partial charge in [-0.05, 0) is 56.3 Å². The van der Waals surface area contributed by atoms with Crippen molar-refractivity contribution in [3.63, 3.8) is 0 Å². The van der Waals surface area contributed by atoms with Gasteiger partial charge in [0.15, 0.2) is 0 Å². The first-order valence-corrected chi connectivity index (χ1v) is 8.30. The van der Waals surface area contributed by atoms with Gasteiger partial charge >= 0.3 is 0 Å². The lowest BCUT2D eigenvalue weighted by atomic mass is 9.99. The molecule has 0 saturated carbocycles. The molecule has 1 N–H and O–H groups in total. The Kier molecular flexibility index (Phi) is 6.81. The Morgan fingerprint density at radius 2 is 2.33 bits per heavy atom. The van der Waals surface area contributed by atoms with Gasteiger partial charge in [0.05, 0.1) is 18.2 Å². The maximum absolute atomic E-state index is 6.12. The van der Waals surface area contributed by atoms with E-state index in [0.717, 1.165) is 38.2 Å². The van der Waals surface area contributed by atoms with Crippen LogP contribution < -0.4 is 10.1 Å². The lowest BCUT2D eigenvalue weighted by molar-refractivity contribution is 0.0996. The number of rotatable bonds is 8. The molecule has 0 radical (unpaired) electrons. The van der Waals surface area contributed by atoms with Crippen LogP contribution in [0.2, 0.25) is 5.02 Å². The first-order valence-electron chi connectivity index (χ1n) is 7.93. The predicted molar refractivity (Wildman–Crippen MR) is 87.2 cm³/mol. The molecule has 1 aromatic rings. The average molecular weight is 312 g/mol. The highest BCUT2D eigenvalue weighted by Gasteiger charge is 2.19. The monoisotopic (exact) mass is 311 g/mol. The highest BCUT2D eigenvalue weighted by Crippen LogP contribution is 2.30. The Hall–Kier alpha value is -0.770. The van der Waals surface area contributed by atoms with Crippen molar-refractivity contribution in [2.75, 3.05) is 20.3 Å². The summed E-state index contributed by atoms with van der Waals surface area (Å²) < 4.78 is 11.1. The Morgan fingerprint density at radius 3 is 3.00 bits per heavy atom. The number of halogens is 1. The summed E-state index contributed by atoms with van der Waals surface area (Å²) >= 11 is 6.12. The fourth-order valence-corrected chi connectivity index (χ4v) is 3.02.